The van der Waals surface area contributed by atoms with E-state index in [1.165, 1.54) is 10.4 Å². The van der Waals surface area contributed by atoms with Crippen LogP contribution in [0.4, 0.5) is 0 Å². The normalized spacial score (nSPS) is 11.5. The molecule has 0 bridgehead atoms. The van der Waals surface area contributed by atoms with Crippen molar-refractivity contribution in [3.05, 3.63) is 102 Å². The van der Waals surface area contributed by atoms with E-state index in [1.54, 1.807) is 29.2 Å². The number of carbonyl (C=O) groups excluding carboxylic acids is 1. The SMILES string of the molecule is C=CCN(CC(=O)N(Cc1ccccc1)Cc1cccn1C)S(=O)(=O)c1ccc(C)cc1. The molecule has 0 aliphatic rings. The van der Waals surface area contributed by atoms with E-state index in [0.717, 1.165) is 16.8 Å². The highest BCUT2D eigenvalue weighted by molar-refractivity contribution is 7.89. The second-order valence-electron chi connectivity index (χ2n) is 7.75. The molecule has 0 radical (unpaired) electrons. The van der Waals surface area contributed by atoms with Crippen molar-refractivity contribution in [2.75, 3.05) is 13.1 Å². The van der Waals surface area contributed by atoms with Crippen LogP contribution in [0.25, 0.3) is 0 Å². The molecule has 0 unspecified atom stereocenters. The molecule has 0 spiro atoms. The van der Waals surface area contributed by atoms with Gasteiger partial charge >= 0.3 is 0 Å². The fourth-order valence-electron chi connectivity index (χ4n) is 3.39. The molecule has 7 heteroatoms. The molecule has 0 fully saturated rings. The maximum absolute atomic E-state index is 13.4. The zero-order chi connectivity index (χ0) is 23.1. The quantitative estimate of drug-likeness (QED) is 0.441. The topological polar surface area (TPSA) is 62.6 Å². The van der Waals surface area contributed by atoms with E-state index < -0.39 is 10.0 Å². The standard InChI is InChI=1S/C25H29N3O3S/c1-4-16-28(32(30,31)24-14-12-21(2)13-15-24)20-25(29)27(18-22-9-6-5-7-10-22)19-23-11-8-17-26(23)3/h4-15,17H,1,16,18-20H2,2-3H3. The van der Waals surface area contributed by atoms with E-state index in [9.17, 15) is 13.2 Å². The number of hydrogen-bond donors (Lipinski definition) is 0. The second-order valence-corrected chi connectivity index (χ2v) is 9.68. The summed E-state index contributed by atoms with van der Waals surface area (Å²) in [6.07, 6.45) is 3.42. The van der Waals surface area contributed by atoms with Crippen molar-refractivity contribution < 1.29 is 13.2 Å². The van der Waals surface area contributed by atoms with Gasteiger partial charge in [0.2, 0.25) is 15.9 Å². The summed E-state index contributed by atoms with van der Waals surface area (Å²) in [6, 6.07) is 20.2. The highest BCUT2D eigenvalue weighted by atomic mass is 32.2. The Bertz CT molecular complexity index is 1150. The van der Waals surface area contributed by atoms with Gasteiger partial charge in [0.1, 0.15) is 0 Å². The summed E-state index contributed by atoms with van der Waals surface area (Å²) in [7, 11) is -1.92. The molecule has 0 saturated heterocycles. The van der Waals surface area contributed by atoms with Crippen LogP contribution in [0.3, 0.4) is 0 Å². The summed E-state index contributed by atoms with van der Waals surface area (Å²) in [5.41, 5.74) is 2.91. The van der Waals surface area contributed by atoms with E-state index in [0.29, 0.717) is 13.1 Å². The van der Waals surface area contributed by atoms with E-state index in [2.05, 4.69) is 6.58 Å². The van der Waals surface area contributed by atoms with Gasteiger partial charge in [-0.2, -0.15) is 4.31 Å². The molecule has 2 aromatic carbocycles. The van der Waals surface area contributed by atoms with Crippen molar-refractivity contribution in [3.63, 3.8) is 0 Å². The molecule has 0 N–H and O–H groups in total. The van der Waals surface area contributed by atoms with E-state index in [1.807, 2.05) is 67.2 Å². The molecule has 168 valence electrons. The van der Waals surface area contributed by atoms with Crippen molar-refractivity contribution in [1.29, 1.82) is 0 Å². The minimum atomic E-state index is -3.84. The van der Waals surface area contributed by atoms with E-state index >= 15 is 0 Å². The zero-order valence-corrected chi connectivity index (χ0v) is 19.3. The first-order valence-corrected chi connectivity index (χ1v) is 11.8. The number of amides is 1. The van der Waals surface area contributed by atoms with E-state index in [4.69, 9.17) is 0 Å². The number of aryl methyl sites for hydroxylation is 2. The molecular formula is C25H29N3O3S. The smallest absolute Gasteiger partial charge is 0.243 e. The number of nitrogens with zero attached hydrogens (tertiary/aromatic N) is 3. The third-order valence-corrected chi connectivity index (χ3v) is 7.10. The lowest BCUT2D eigenvalue weighted by atomic mass is 10.2. The molecule has 0 aliphatic carbocycles. The monoisotopic (exact) mass is 451 g/mol. The van der Waals surface area contributed by atoms with E-state index in [-0.39, 0.29) is 23.9 Å². The number of hydrogen-bond acceptors (Lipinski definition) is 3. The third kappa shape index (κ3) is 5.75. The van der Waals surface area contributed by atoms with Crippen molar-refractivity contribution in [2.45, 2.75) is 24.9 Å². The summed E-state index contributed by atoms with van der Waals surface area (Å²) < 4.78 is 29.6. The summed E-state index contributed by atoms with van der Waals surface area (Å²) in [5.74, 6) is -0.271. The minimum absolute atomic E-state index is 0.0469. The van der Waals surface area contributed by atoms with Crippen LogP contribution in [0.15, 0.2) is 90.5 Å². The summed E-state index contributed by atoms with van der Waals surface area (Å²) in [4.78, 5) is 15.2. The minimum Gasteiger partial charge on any atom is -0.353 e. The fourth-order valence-corrected chi connectivity index (χ4v) is 4.75. The Labute approximate surface area is 190 Å². The van der Waals surface area contributed by atoms with Gasteiger partial charge in [-0.1, -0.05) is 54.1 Å². The Morgan fingerprint density at radius 1 is 1.00 bits per heavy atom. The second kappa shape index (κ2) is 10.4. The van der Waals surface area contributed by atoms with Gasteiger partial charge in [-0.05, 0) is 36.8 Å². The largest absolute Gasteiger partial charge is 0.353 e. The van der Waals surface area contributed by atoms with Gasteiger partial charge < -0.3 is 9.47 Å². The Morgan fingerprint density at radius 2 is 1.69 bits per heavy atom. The van der Waals surface area contributed by atoms with Gasteiger partial charge in [0, 0.05) is 32.0 Å². The predicted molar refractivity (Wildman–Crippen MR) is 126 cm³/mol. The first-order chi connectivity index (χ1) is 15.3. The van der Waals surface area contributed by atoms with Crippen molar-refractivity contribution >= 4 is 15.9 Å². The molecule has 0 aliphatic heterocycles. The number of aromatic nitrogens is 1. The molecule has 1 amide bonds. The van der Waals surface area contributed by atoms with Crippen molar-refractivity contribution in [2.24, 2.45) is 7.05 Å². The average molecular weight is 452 g/mol. The Kier molecular flexibility index (Phi) is 7.66. The maximum atomic E-state index is 13.4. The lowest BCUT2D eigenvalue weighted by Crippen LogP contribution is -2.42. The number of carbonyl (C=O) groups is 1. The van der Waals surface area contributed by atoms with Crippen LogP contribution in [0, 0.1) is 6.92 Å². The van der Waals surface area contributed by atoms with Crippen molar-refractivity contribution in [3.8, 4) is 0 Å². The molecule has 6 nitrogen and oxygen atoms in total. The molecule has 32 heavy (non-hydrogen) atoms. The molecule has 0 saturated carbocycles. The number of benzene rings is 2. The molecule has 1 heterocycles. The number of sulfonamides is 1. The Morgan fingerprint density at radius 3 is 2.28 bits per heavy atom. The van der Waals surface area contributed by atoms with Crippen LogP contribution >= 0.6 is 0 Å². The summed E-state index contributed by atoms with van der Waals surface area (Å²) in [6.45, 7) is 6.12. The molecular weight excluding hydrogens is 422 g/mol. The Hall–Kier alpha value is -3.16. The van der Waals surface area contributed by atoms with Gasteiger partial charge in [-0.15, -0.1) is 6.58 Å². The van der Waals surface area contributed by atoms with Crippen molar-refractivity contribution in [1.82, 2.24) is 13.8 Å². The lowest BCUT2D eigenvalue weighted by Gasteiger charge is -2.27. The zero-order valence-electron chi connectivity index (χ0n) is 18.5. The fraction of sp³-hybridized carbons (Fsp3) is 0.240. The molecule has 0 atom stereocenters. The molecule has 1 aromatic heterocycles. The van der Waals surface area contributed by atoms with Gasteiger partial charge in [-0.3, -0.25) is 4.79 Å². The van der Waals surface area contributed by atoms with Crippen LogP contribution in [-0.2, 0) is 35.0 Å². The number of rotatable bonds is 10. The summed E-state index contributed by atoms with van der Waals surface area (Å²) in [5, 5.41) is 0. The highest BCUT2D eigenvalue weighted by Gasteiger charge is 2.28. The molecule has 3 rings (SSSR count). The van der Waals surface area contributed by atoms with Gasteiger partial charge in [0.05, 0.1) is 18.0 Å². The average Bonchev–Trinajstić information content (AvgIpc) is 3.18. The van der Waals surface area contributed by atoms with Crippen LogP contribution in [0.5, 0.6) is 0 Å². The molecule has 3 aromatic rings. The third-order valence-electron chi connectivity index (χ3n) is 5.28. The first-order valence-electron chi connectivity index (χ1n) is 10.4. The highest BCUT2D eigenvalue weighted by Crippen LogP contribution is 2.18. The van der Waals surface area contributed by atoms with Crippen LogP contribution in [-0.4, -0.2) is 41.2 Å². The lowest BCUT2D eigenvalue weighted by molar-refractivity contribution is -0.132. The van der Waals surface area contributed by atoms with Crippen LogP contribution < -0.4 is 0 Å². The first kappa shape index (κ1) is 23.5. The van der Waals surface area contributed by atoms with Gasteiger partial charge in [0.15, 0.2) is 0 Å². The Balaban J connectivity index is 1.86. The van der Waals surface area contributed by atoms with Gasteiger partial charge in [-0.25, -0.2) is 8.42 Å². The summed E-state index contributed by atoms with van der Waals surface area (Å²) >= 11 is 0. The maximum Gasteiger partial charge on any atom is 0.243 e. The van der Waals surface area contributed by atoms with Gasteiger partial charge in [0.25, 0.3) is 0 Å². The van der Waals surface area contributed by atoms with Crippen LogP contribution in [0.2, 0.25) is 0 Å². The van der Waals surface area contributed by atoms with Crippen LogP contribution in [0.1, 0.15) is 16.8 Å². The predicted octanol–water partition coefficient (Wildman–Crippen LogP) is 3.74.